The minimum atomic E-state index is 0.583. The number of rotatable bonds is 4. The topological polar surface area (TPSA) is 70.5 Å². The van der Waals surface area contributed by atoms with Crippen LogP contribution < -0.4 is 14.7 Å². The summed E-state index contributed by atoms with van der Waals surface area (Å²) in [5.41, 5.74) is 1.07. The molecule has 148 valence electrons. The molecule has 2 saturated heterocycles. The van der Waals surface area contributed by atoms with Gasteiger partial charge in [-0.3, -0.25) is 0 Å². The van der Waals surface area contributed by atoms with E-state index in [4.69, 9.17) is 14.7 Å². The Kier molecular flexibility index (Phi) is 4.72. The number of aromatic nitrogens is 4. The third kappa shape index (κ3) is 3.73. The molecule has 8 nitrogen and oxygen atoms in total. The molecule has 0 radical (unpaired) electrons. The van der Waals surface area contributed by atoms with Crippen LogP contribution >= 0.6 is 0 Å². The molecule has 4 heterocycles. The molecule has 3 fully saturated rings. The summed E-state index contributed by atoms with van der Waals surface area (Å²) in [6.07, 6.45) is 4.33. The van der Waals surface area contributed by atoms with Gasteiger partial charge < -0.3 is 19.4 Å². The summed E-state index contributed by atoms with van der Waals surface area (Å²) in [5.74, 6) is 4.51. The standard InChI is InChI=1S/C20H27N7O/c1-15-14-18(23-19(22-15)16-2-3-16)26-8-6-25(7-9-26)17-4-5-21-20(24-17)27-10-12-28-13-11-27/h4-5,14,16H,2-3,6-13H2,1H3. The lowest BCUT2D eigenvalue weighted by Crippen LogP contribution is -2.47. The molecule has 2 aromatic heterocycles. The summed E-state index contributed by atoms with van der Waals surface area (Å²) >= 11 is 0. The van der Waals surface area contributed by atoms with Gasteiger partial charge in [0.25, 0.3) is 0 Å². The number of aryl methyl sites for hydroxylation is 1. The lowest BCUT2D eigenvalue weighted by molar-refractivity contribution is 0.122. The minimum absolute atomic E-state index is 0.583. The van der Waals surface area contributed by atoms with Gasteiger partial charge in [-0.1, -0.05) is 0 Å². The van der Waals surface area contributed by atoms with Crippen LogP contribution in [0.4, 0.5) is 17.6 Å². The molecule has 0 atom stereocenters. The number of anilines is 3. The summed E-state index contributed by atoms with van der Waals surface area (Å²) < 4.78 is 5.43. The van der Waals surface area contributed by atoms with Gasteiger partial charge in [-0.25, -0.2) is 15.0 Å². The van der Waals surface area contributed by atoms with Crippen LogP contribution in [0.3, 0.4) is 0 Å². The third-order valence-electron chi connectivity index (χ3n) is 5.65. The predicted molar refractivity (Wildman–Crippen MR) is 108 cm³/mol. The zero-order valence-corrected chi connectivity index (χ0v) is 16.4. The van der Waals surface area contributed by atoms with Crippen molar-refractivity contribution in [3.8, 4) is 0 Å². The average molecular weight is 381 g/mol. The van der Waals surface area contributed by atoms with Gasteiger partial charge in [0.2, 0.25) is 5.95 Å². The van der Waals surface area contributed by atoms with Gasteiger partial charge in [0.1, 0.15) is 17.5 Å². The molecule has 3 aliphatic rings. The first-order valence-electron chi connectivity index (χ1n) is 10.3. The highest BCUT2D eigenvalue weighted by molar-refractivity contribution is 5.48. The summed E-state index contributed by atoms with van der Waals surface area (Å²) in [4.78, 5) is 25.7. The number of morpholine rings is 1. The number of piperazine rings is 1. The molecule has 0 bridgehead atoms. The van der Waals surface area contributed by atoms with E-state index in [-0.39, 0.29) is 0 Å². The van der Waals surface area contributed by atoms with E-state index in [9.17, 15) is 0 Å². The Balaban J connectivity index is 1.26. The fraction of sp³-hybridized carbons (Fsp3) is 0.600. The van der Waals surface area contributed by atoms with Crippen molar-refractivity contribution >= 4 is 17.6 Å². The number of hydrogen-bond acceptors (Lipinski definition) is 8. The average Bonchev–Trinajstić information content (AvgIpc) is 3.60. The van der Waals surface area contributed by atoms with Gasteiger partial charge in [-0.05, 0) is 25.8 Å². The highest BCUT2D eigenvalue weighted by Crippen LogP contribution is 2.38. The molecule has 0 aromatic carbocycles. The summed E-state index contributed by atoms with van der Waals surface area (Å²) in [7, 11) is 0. The van der Waals surface area contributed by atoms with Crippen molar-refractivity contribution in [2.75, 3.05) is 67.2 Å². The Morgan fingerprint density at radius 1 is 0.857 bits per heavy atom. The normalized spacial score (nSPS) is 20.5. The van der Waals surface area contributed by atoms with Gasteiger partial charge in [0.05, 0.1) is 13.2 Å². The van der Waals surface area contributed by atoms with Crippen LogP contribution in [-0.2, 0) is 4.74 Å². The number of ether oxygens (including phenoxy) is 1. The van der Waals surface area contributed by atoms with Crippen LogP contribution in [0, 0.1) is 6.92 Å². The van der Waals surface area contributed by atoms with Crippen molar-refractivity contribution in [3.63, 3.8) is 0 Å². The summed E-state index contributed by atoms with van der Waals surface area (Å²) in [5, 5.41) is 0. The van der Waals surface area contributed by atoms with E-state index >= 15 is 0 Å². The lowest BCUT2D eigenvalue weighted by atomic mass is 10.2. The van der Waals surface area contributed by atoms with E-state index in [1.807, 2.05) is 12.3 Å². The van der Waals surface area contributed by atoms with E-state index in [0.717, 1.165) is 81.6 Å². The Labute approximate surface area is 165 Å². The fourth-order valence-electron chi connectivity index (χ4n) is 3.86. The van der Waals surface area contributed by atoms with Crippen LogP contribution in [0.15, 0.2) is 18.3 Å². The maximum absolute atomic E-state index is 5.43. The monoisotopic (exact) mass is 381 g/mol. The van der Waals surface area contributed by atoms with Crippen LogP contribution in [-0.4, -0.2) is 72.4 Å². The van der Waals surface area contributed by atoms with Crippen molar-refractivity contribution in [2.45, 2.75) is 25.7 Å². The maximum atomic E-state index is 5.43. The van der Waals surface area contributed by atoms with Crippen molar-refractivity contribution in [1.82, 2.24) is 19.9 Å². The van der Waals surface area contributed by atoms with Gasteiger partial charge >= 0.3 is 0 Å². The quantitative estimate of drug-likeness (QED) is 0.791. The van der Waals surface area contributed by atoms with Crippen LogP contribution in [0.1, 0.15) is 30.3 Å². The molecule has 28 heavy (non-hydrogen) atoms. The molecule has 0 unspecified atom stereocenters. The largest absolute Gasteiger partial charge is 0.378 e. The molecule has 0 N–H and O–H groups in total. The Bertz CT molecular complexity index is 827. The zero-order chi connectivity index (χ0) is 18.9. The molecule has 1 saturated carbocycles. The number of hydrogen-bond donors (Lipinski definition) is 0. The highest BCUT2D eigenvalue weighted by atomic mass is 16.5. The SMILES string of the molecule is Cc1cc(N2CCN(c3ccnc(N4CCOCC4)n3)CC2)nc(C2CC2)n1. The van der Waals surface area contributed by atoms with Gasteiger partial charge in [0.15, 0.2) is 0 Å². The molecule has 2 aliphatic heterocycles. The first-order valence-corrected chi connectivity index (χ1v) is 10.3. The predicted octanol–water partition coefficient (Wildman–Crippen LogP) is 1.62. The Morgan fingerprint density at radius 2 is 1.57 bits per heavy atom. The molecular formula is C20H27N7O. The van der Waals surface area contributed by atoms with E-state index < -0.39 is 0 Å². The van der Waals surface area contributed by atoms with Gasteiger partial charge in [-0.15, -0.1) is 0 Å². The van der Waals surface area contributed by atoms with Crippen LogP contribution in [0.25, 0.3) is 0 Å². The van der Waals surface area contributed by atoms with Gasteiger partial charge in [-0.2, -0.15) is 4.98 Å². The molecule has 8 heteroatoms. The van der Waals surface area contributed by atoms with E-state index in [2.05, 4.69) is 37.7 Å². The van der Waals surface area contributed by atoms with E-state index in [0.29, 0.717) is 5.92 Å². The second-order valence-corrected chi connectivity index (χ2v) is 7.79. The lowest BCUT2D eigenvalue weighted by Gasteiger charge is -2.36. The first kappa shape index (κ1) is 17.6. The van der Waals surface area contributed by atoms with Crippen molar-refractivity contribution < 1.29 is 4.74 Å². The minimum Gasteiger partial charge on any atom is -0.378 e. The fourth-order valence-corrected chi connectivity index (χ4v) is 3.86. The highest BCUT2D eigenvalue weighted by Gasteiger charge is 2.28. The van der Waals surface area contributed by atoms with E-state index in [1.165, 1.54) is 12.8 Å². The van der Waals surface area contributed by atoms with Crippen molar-refractivity contribution in [1.29, 1.82) is 0 Å². The van der Waals surface area contributed by atoms with E-state index in [1.54, 1.807) is 0 Å². The maximum Gasteiger partial charge on any atom is 0.227 e. The first-order chi connectivity index (χ1) is 13.8. The molecule has 5 rings (SSSR count). The Hall–Kier alpha value is -2.48. The Morgan fingerprint density at radius 3 is 2.29 bits per heavy atom. The zero-order valence-electron chi connectivity index (χ0n) is 16.4. The third-order valence-corrected chi connectivity index (χ3v) is 5.65. The molecule has 2 aromatic rings. The van der Waals surface area contributed by atoms with Crippen LogP contribution in [0.5, 0.6) is 0 Å². The molecule has 0 amide bonds. The second kappa shape index (κ2) is 7.50. The van der Waals surface area contributed by atoms with Crippen LogP contribution in [0.2, 0.25) is 0 Å². The summed E-state index contributed by atoms with van der Waals surface area (Å²) in [6, 6.07) is 4.13. The van der Waals surface area contributed by atoms with Crippen molar-refractivity contribution in [3.05, 3.63) is 29.8 Å². The smallest absolute Gasteiger partial charge is 0.227 e. The molecule has 0 spiro atoms. The second-order valence-electron chi connectivity index (χ2n) is 7.79. The van der Waals surface area contributed by atoms with Crippen molar-refractivity contribution in [2.24, 2.45) is 0 Å². The number of nitrogens with zero attached hydrogens (tertiary/aromatic N) is 7. The molecular weight excluding hydrogens is 354 g/mol. The molecule has 1 aliphatic carbocycles. The summed E-state index contributed by atoms with van der Waals surface area (Å²) in [6.45, 7) is 9.02. The van der Waals surface area contributed by atoms with Gasteiger partial charge in [0, 0.05) is 63.1 Å².